The van der Waals surface area contributed by atoms with Crippen molar-refractivity contribution in [3.63, 3.8) is 0 Å². The Labute approximate surface area is 180 Å². The maximum absolute atomic E-state index is 13.2. The standard InChI is InChI=1S/C23H24N4O4/c1-13(2)31-17-8-16(10-24-11-17)27-12-19-21(23(27)28)14(3)6-18(26-19)15-7-20(29-4)22(30-5)25-9-15/h6-11,13H,12H2,1-5H3. The Balaban J connectivity index is 1.69. The largest absolute Gasteiger partial charge is 0.491 e. The molecule has 0 atom stereocenters. The van der Waals surface area contributed by atoms with Gasteiger partial charge in [0.2, 0.25) is 0 Å². The summed E-state index contributed by atoms with van der Waals surface area (Å²) in [5.41, 5.74) is 4.36. The maximum Gasteiger partial charge on any atom is 0.260 e. The minimum atomic E-state index is -0.0968. The van der Waals surface area contributed by atoms with E-state index in [1.54, 1.807) is 37.7 Å². The van der Waals surface area contributed by atoms with E-state index in [9.17, 15) is 4.79 Å². The third-order valence-electron chi connectivity index (χ3n) is 4.97. The van der Waals surface area contributed by atoms with Crippen LogP contribution in [0.15, 0.2) is 36.8 Å². The number of amides is 1. The molecule has 4 rings (SSSR count). The minimum absolute atomic E-state index is 0.0186. The first kappa shape index (κ1) is 20.6. The molecule has 8 nitrogen and oxygen atoms in total. The maximum atomic E-state index is 13.2. The predicted molar refractivity (Wildman–Crippen MR) is 116 cm³/mol. The Morgan fingerprint density at radius 3 is 2.58 bits per heavy atom. The molecule has 0 N–H and O–H groups in total. The lowest BCUT2D eigenvalue weighted by Crippen LogP contribution is -2.23. The summed E-state index contributed by atoms with van der Waals surface area (Å²) in [6, 6.07) is 5.54. The number of ether oxygens (including phenoxy) is 3. The number of hydrogen-bond acceptors (Lipinski definition) is 7. The molecule has 1 aliphatic heterocycles. The molecule has 0 fully saturated rings. The number of carbonyl (C=O) groups is 1. The number of aryl methyl sites for hydroxylation is 1. The zero-order valence-corrected chi connectivity index (χ0v) is 18.2. The fourth-order valence-corrected chi connectivity index (χ4v) is 3.62. The van der Waals surface area contributed by atoms with Gasteiger partial charge in [-0.05, 0) is 38.5 Å². The van der Waals surface area contributed by atoms with E-state index >= 15 is 0 Å². The van der Waals surface area contributed by atoms with Crippen LogP contribution in [0.25, 0.3) is 11.3 Å². The van der Waals surface area contributed by atoms with E-state index in [2.05, 4.69) is 9.97 Å². The third kappa shape index (κ3) is 3.88. The summed E-state index contributed by atoms with van der Waals surface area (Å²) in [5, 5.41) is 0. The van der Waals surface area contributed by atoms with Crippen molar-refractivity contribution in [3.8, 4) is 28.6 Å². The second kappa shape index (κ2) is 8.22. The van der Waals surface area contributed by atoms with Gasteiger partial charge in [0.25, 0.3) is 11.8 Å². The van der Waals surface area contributed by atoms with Gasteiger partial charge in [0.05, 0.1) is 61.9 Å². The first-order valence-electron chi connectivity index (χ1n) is 9.93. The highest BCUT2D eigenvalue weighted by molar-refractivity contribution is 6.10. The molecular weight excluding hydrogens is 396 g/mol. The monoisotopic (exact) mass is 420 g/mol. The van der Waals surface area contributed by atoms with Crippen molar-refractivity contribution < 1.29 is 19.0 Å². The van der Waals surface area contributed by atoms with E-state index in [0.717, 1.165) is 16.8 Å². The van der Waals surface area contributed by atoms with Gasteiger partial charge >= 0.3 is 0 Å². The van der Waals surface area contributed by atoms with Gasteiger partial charge in [0.15, 0.2) is 5.75 Å². The van der Waals surface area contributed by atoms with Gasteiger partial charge < -0.3 is 19.1 Å². The zero-order chi connectivity index (χ0) is 22.1. The molecule has 0 aliphatic carbocycles. The highest BCUT2D eigenvalue weighted by Gasteiger charge is 2.32. The second-order valence-electron chi connectivity index (χ2n) is 7.52. The summed E-state index contributed by atoms with van der Waals surface area (Å²) in [5.74, 6) is 1.45. The number of pyridine rings is 3. The summed E-state index contributed by atoms with van der Waals surface area (Å²) >= 11 is 0. The molecule has 31 heavy (non-hydrogen) atoms. The molecule has 3 aromatic rings. The second-order valence-corrected chi connectivity index (χ2v) is 7.52. The molecule has 0 aromatic carbocycles. The number of rotatable bonds is 6. The van der Waals surface area contributed by atoms with Gasteiger partial charge in [-0.25, -0.2) is 4.98 Å². The van der Waals surface area contributed by atoms with Gasteiger partial charge in [-0.15, -0.1) is 0 Å². The van der Waals surface area contributed by atoms with E-state index in [-0.39, 0.29) is 12.0 Å². The van der Waals surface area contributed by atoms with Crippen LogP contribution in [0.3, 0.4) is 0 Å². The molecule has 3 aromatic heterocycles. The van der Waals surface area contributed by atoms with Crippen LogP contribution >= 0.6 is 0 Å². The molecule has 0 saturated heterocycles. The number of fused-ring (bicyclic) bond motifs is 1. The average Bonchev–Trinajstić information content (AvgIpc) is 3.09. The number of carbonyl (C=O) groups excluding carboxylic acids is 1. The van der Waals surface area contributed by atoms with Crippen LogP contribution in [-0.2, 0) is 6.54 Å². The van der Waals surface area contributed by atoms with E-state index in [4.69, 9.17) is 19.2 Å². The molecular formula is C23H24N4O4. The number of hydrogen-bond donors (Lipinski definition) is 0. The molecule has 0 spiro atoms. The Bertz CT molecular complexity index is 1150. The fraction of sp³-hybridized carbons (Fsp3) is 0.304. The lowest BCUT2D eigenvalue weighted by Gasteiger charge is -2.17. The summed E-state index contributed by atoms with van der Waals surface area (Å²) in [7, 11) is 3.10. The molecule has 8 heteroatoms. The van der Waals surface area contributed by atoms with Crippen LogP contribution in [0.1, 0.15) is 35.5 Å². The molecule has 0 unspecified atom stereocenters. The van der Waals surface area contributed by atoms with Crippen molar-refractivity contribution >= 4 is 11.6 Å². The summed E-state index contributed by atoms with van der Waals surface area (Å²) < 4.78 is 16.3. The molecule has 0 saturated carbocycles. The van der Waals surface area contributed by atoms with Gasteiger partial charge in [-0.3, -0.25) is 14.8 Å². The van der Waals surface area contributed by atoms with Gasteiger partial charge in [0, 0.05) is 17.8 Å². The van der Waals surface area contributed by atoms with Crippen LogP contribution in [0, 0.1) is 6.92 Å². The summed E-state index contributed by atoms with van der Waals surface area (Å²) in [6.45, 7) is 6.16. The average molecular weight is 420 g/mol. The Hall–Kier alpha value is -3.68. The van der Waals surface area contributed by atoms with Crippen molar-refractivity contribution in [2.45, 2.75) is 33.4 Å². The van der Waals surface area contributed by atoms with Crippen LogP contribution < -0.4 is 19.1 Å². The lowest BCUT2D eigenvalue weighted by molar-refractivity contribution is 0.0996. The van der Waals surface area contributed by atoms with Crippen molar-refractivity contribution in [3.05, 3.63) is 53.6 Å². The molecule has 1 amide bonds. The predicted octanol–water partition coefficient (Wildman–Crippen LogP) is 3.81. The highest BCUT2D eigenvalue weighted by Crippen LogP contribution is 2.34. The zero-order valence-electron chi connectivity index (χ0n) is 18.2. The van der Waals surface area contributed by atoms with Crippen LogP contribution in [-0.4, -0.2) is 41.2 Å². The molecule has 0 radical (unpaired) electrons. The van der Waals surface area contributed by atoms with Crippen LogP contribution in [0.2, 0.25) is 0 Å². The van der Waals surface area contributed by atoms with Gasteiger partial charge in [-0.1, -0.05) is 0 Å². The molecule has 160 valence electrons. The number of methoxy groups -OCH3 is 2. The first-order chi connectivity index (χ1) is 14.9. The topological polar surface area (TPSA) is 86.7 Å². The normalized spacial score (nSPS) is 12.8. The number of nitrogens with zero attached hydrogens (tertiary/aromatic N) is 4. The summed E-state index contributed by atoms with van der Waals surface area (Å²) in [4.78, 5) is 28.1. The SMILES string of the molecule is COc1cc(-c2cc(C)c3c(n2)CN(c2cncc(OC(C)C)c2)C3=O)cnc1OC. The lowest BCUT2D eigenvalue weighted by atomic mass is 10.0. The van der Waals surface area contributed by atoms with Gasteiger partial charge in [0.1, 0.15) is 5.75 Å². The Morgan fingerprint density at radius 2 is 1.87 bits per heavy atom. The van der Waals surface area contributed by atoms with E-state index in [1.165, 1.54) is 0 Å². The molecule has 0 bridgehead atoms. The molecule has 1 aliphatic rings. The van der Waals surface area contributed by atoms with Gasteiger partial charge in [-0.2, -0.15) is 0 Å². The minimum Gasteiger partial charge on any atom is -0.491 e. The van der Waals surface area contributed by atoms with Crippen molar-refractivity contribution in [2.24, 2.45) is 0 Å². The Kier molecular flexibility index (Phi) is 5.46. The van der Waals surface area contributed by atoms with Crippen molar-refractivity contribution in [1.82, 2.24) is 15.0 Å². The van der Waals surface area contributed by atoms with Crippen LogP contribution in [0.5, 0.6) is 17.4 Å². The fourth-order valence-electron chi connectivity index (χ4n) is 3.62. The van der Waals surface area contributed by atoms with Crippen LogP contribution in [0.4, 0.5) is 5.69 Å². The van der Waals surface area contributed by atoms with Crippen molar-refractivity contribution in [2.75, 3.05) is 19.1 Å². The smallest absolute Gasteiger partial charge is 0.260 e. The third-order valence-corrected chi connectivity index (χ3v) is 4.97. The first-order valence-corrected chi connectivity index (χ1v) is 9.93. The van der Waals surface area contributed by atoms with E-state index in [1.807, 2.05) is 39.0 Å². The quantitative estimate of drug-likeness (QED) is 0.599. The highest BCUT2D eigenvalue weighted by atomic mass is 16.5. The molecule has 4 heterocycles. The summed E-state index contributed by atoms with van der Waals surface area (Å²) in [6.07, 6.45) is 5.00. The number of anilines is 1. The van der Waals surface area contributed by atoms with E-state index in [0.29, 0.717) is 40.9 Å². The Morgan fingerprint density at radius 1 is 1.06 bits per heavy atom. The van der Waals surface area contributed by atoms with Crippen molar-refractivity contribution in [1.29, 1.82) is 0 Å². The number of aromatic nitrogens is 3. The van der Waals surface area contributed by atoms with E-state index < -0.39 is 0 Å².